The molecule has 0 amide bonds. The van der Waals surface area contributed by atoms with Gasteiger partial charge in [0.05, 0.1) is 5.56 Å². The fourth-order valence-corrected chi connectivity index (χ4v) is 0.895. The Hall–Kier alpha value is -1.71. The first-order chi connectivity index (χ1) is 6.93. The van der Waals surface area contributed by atoms with Gasteiger partial charge in [0.2, 0.25) is 0 Å². The lowest BCUT2D eigenvalue weighted by molar-refractivity contribution is -0.236. The summed E-state index contributed by atoms with van der Waals surface area (Å²) < 4.78 is 30.6. The molecule has 0 bridgehead atoms. The van der Waals surface area contributed by atoms with Crippen LogP contribution in [0.4, 0.5) is 8.78 Å². The van der Waals surface area contributed by atoms with Crippen molar-refractivity contribution in [3.63, 3.8) is 0 Å². The van der Waals surface area contributed by atoms with Crippen LogP contribution in [0.15, 0.2) is 42.5 Å². The Bertz CT molecular complexity index is 371. The molecule has 0 aliphatic rings. The highest BCUT2D eigenvalue weighted by Crippen LogP contribution is 2.29. The summed E-state index contributed by atoms with van der Waals surface area (Å²) in [5.41, 5.74) is -0.426. The Labute approximate surface area is 86.2 Å². The number of esters is 1. The quantitative estimate of drug-likeness (QED) is 0.568. The SMILES string of the molecule is C=C(C)C(=O)OC(F)(F)c1ccccc1. The zero-order chi connectivity index (χ0) is 11.5. The number of carbonyl (C=O) groups excluding carboxylic acids is 1. The molecule has 0 spiro atoms. The van der Waals surface area contributed by atoms with E-state index in [1.54, 1.807) is 6.07 Å². The topological polar surface area (TPSA) is 26.3 Å². The summed E-state index contributed by atoms with van der Waals surface area (Å²) in [7, 11) is 0. The number of hydrogen-bond acceptors (Lipinski definition) is 2. The lowest BCUT2D eigenvalue weighted by atomic mass is 10.2. The van der Waals surface area contributed by atoms with Crippen molar-refractivity contribution in [1.29, 1.82) is 0 Å². The highest BCUT2D eigenvalue weighted by atomic mass is 19.3. The van der Waals surface area contributed by atoms with Crippen molar-refractivity contribution in [3.05, 3.63) is 48.0 Å². The van der Waals surface area contributed by atoms with Crippen molar-refractivity contribution in [2.45, 2.75) is 13.0 Å². The molecule has 1 rings (SSSR count). The van der Waals surface area contributed by atoms with E-state index in [1.807, 2.05) is 0 Å². The second-order valence-corrected chi connectivity index (χ2v) is 3.05. The van der Waals surface area contributed by atoms with Gasteiger partial charge in [-0.2, -0.15) is 8.78 Å². The normalized spacial score (nSPS) is 10.9. The van der Waals surface area contributed by atoms with E-state index in [-0.39, 0.29) is 11.1 Å². The maximum Gasteiger partial charge on any atom is 0.428 e. The van der Waals surface area contributed by atoms with Crippen LogP contribution in [0.25, 0.3) is 0 Å². The summed E-state index contributed by atoms with van der Waals surface area (Å²) in [5, 5.41) is 0. The second kappa shape index (κ2) is 4.21. The minimum absolute atomic E-state index is 0.0643. The average molecular weight is 212 g/mol. The molecule has 0 aliphatic heterocycles. The summed E-state index contributed by atoms with van der Waals surface area (Å²) in [6.45, 7) is 4.53. The number of carbonyl (C=O) groups is 1. The predicted molar refractivity (Wildman–Crippen MR) is 51.2 cm³/mol. The Balaban J connectivity index is 2.85. The molecule has 15 heavy (non-hydrogen) atoms. The van der Waals surface area contributed by atoms with Gasteiger partial charge in [-0.1, -0.05) is 24.8 Å². The summed E-state index contributed by atoms with van der Waals surface area (Å²) >= 11 is 0. The first-order valence-electron chi connectivity index (χ1n) is 4.25. The average Bonchev–Trinajstić information content (AvgIpc) is 2.18. The van der Waals surface area contributed by atoms with Crippen LogP contribution in [0.1, 0.15) is 12.5 Å². The molecule has 0 radical (unpaired) electrons. The van der Waals surface area contributed by atoms with Gasteiger partial charge in [0.15, 0.2) is 0 Å². The van der Waals surface area contributed by atoms with E-state index in [2.05, 4.69) is 11.3 Å². The fourth-order valence-electron chi connectivity index (χ4n) is 0.895. The van der Waals surface area contributed by atoms with Crippen LogP contribution >= 0.6 is 0 Å². The van der Waals surface area contributed by atoms with Crippen LogP contribution in [0.5, 0.6) is 0 Å². The number of alkyl halides is 2. The maximum absolute atomic E-state index is 13.3. The fraction of sp³-hybridized carbons (Fsp3) is 0.182. The summed E-state index contributed by atoms with van der Waals surface area (Å²) in [6, 6.07) is 6.85. The number of hydrogen-bond donors (Lipinski definition) is 0. The van der Waals surface area contributed by atoms with E-state index in [0.29, 0.717) is 0 Å². The molecular formula is C11H10F2O2. The highest BCUT2D eigenvalue weighted by molar-refractivity contribution is 5.87. The monoisotopic (exact) mass is 212 g/mol. The molecule has 2 nitrogen and oxygen atoms in total. The number of halogens is 2. The van der Waals surface area contributed by atoms with Gasteiger partial charge in [-0.05, 0) is 19.1 Å². The summed E-state index contributed by atoms with van der Waals surface area (Å²) in [5.74, 6) is -1.11. The molecule has 80 valence electrons. The third-order valence-electron chi connectivity index (χ3n) is 1.68. The highest BCUT2D eigenvalue weighted by Gasteiger charge is 2.36. The van der Waals surface area contributed by atoms with Crippen molar-refractivity contribution in [3.8, 4) is 0 Å². The molecular weight excluding hydrogens is 202 g/mol. The molecule has 0 saturated carbocycles. The van der Waals surface area contributed by atoms with Gasteiger partial charge in [-0.25, -0.2) is 4.79 Å². The molecule has 0 heterocycles. The van der Waals surface area contributed by atoms with E-state index in [4.69, 9.17) is 0 Å². The van der Waals surface area contributed by atoms with Gasteiger partial charge in [-0.3, -0.25) is 0 Å². The standard InChI is InChI=1S/C11H10F2O2/c1-8(2)10(14)15-11(12,13)9-6-4-3-5-7-9/h3-7H,1H2,2H3. The van der Waals surface area contributed by atoms with E-state index in [1.165, 1.54) is 31.2 Å². The van der Waals surface area contributed by atoms with Crippen LogP contribution in [-0.2, 0) is 15.6 Å². The molecule has 0 N–H and O–H groups in total. The van der Waals surface area contributed by atoms with Crippen LogP contribution in [0, 0.1) is 0 Å². The summed E-state index contributed by atoms with van der Waals surface area (Å²) in [4.78, 5) is 10.9. The van der Waals surface area contributed by atoms with Crippen molar-refractivity contribution >= 4 is 5.97 Å². The smallest absolute Gasteiger partial charge is 0.394 e. The maximum atomic E-state index is 13.3. The van der Waals surface area contributed by atoms with Crippen molar-refractivity contribution in [2.24, 2.45) is 0 Å². The van der Waals surface area contributed by atoms with E-state index in [9.17, 15) is 13.6 Å². The van der Waals surface area contributed by atoms with Crippen molar-refractivity contribution in [2.75, 3.05) is 0 Å². The Morgan fingerprint density at radius 2 is 1.87 bits per heavy atom. The molecule has 1 aromatic rings. The largest absolute Gasteiger partial charge is 0.428 e. The van der Waals surface area contributed by atoms with Gasteiger partial charge in [-0.15, -0.1) is 0 Å². The van der Waals surface area contributed by atoms with Gasteiger partial charge < -0.3 is 4.74 Å². The summed E-state index contributed by atoms with van der Waals surface area (Å²) in [6.07, 6.45) is -3.61. The van der Waals surface area contributed by atoms with E-state index < -0.39 is 12.1 Å². The zero-order valence-corrected chi connectivity index (χ0v) is 8.17. The molecule has 0 aliphatic carbocycles. The molecule has 0 unspecified atom stereocenters. The molecule has 0 aromatic heterocycles. The van der Waals surface area contributed by atoms with Crippen molar-refractivity contribution < 1.29 is 18.3 Å². The predicted octanol–water partition coefficient (Wildman–Crippen LogP) is 2.86. The van der Waals surface area contributed by atoms with E-state index >= 15 is 0 Å². The van der Waals surface area contributed by atoms with Gasteiger partial charge >= 0.3 is 12.1 Å². The third-order valence-corrected chi connectivity index (χ3v) is 1.68. The van der Waals surface area contributed by atoms with Crippen LogP contribution in [-0.4, -0.2) is 5.97 Å². The lowest BCUT2D eigenvalue weighted by Gasteiger charge is -2.16. The zero-order valence-electron chi connectivity index (χ0n) is 8.17. The Morgan fingerprint density at radius 3 is 2.33 bits per heavy atom. The van der Waals surface area contributed by atoms with Gasteiger partial charge in [0.25, 0.3) is 0 Å². The Morgan fingerprint density at radius 1 is 1.33 bits per heavy atom. The first kappa shape index (κ1) is 11.4. The third kappa shape index (κ3) is 2.87. The van der Waals surface area contributed by atoms with Crippen LogP contribution in [0.2, 0.25) is 0 Å². The minimum atomic E-state index is -3.61. The lowest BCUT2D eigenvalue weighted by Crippen LogP contribution is -2.22. The van der Waals surface area contributed by atoms with Crippen molar-refractivity contribution in [1.82, 2.24) is 0 Å². The number of rotatable bonds is 3. The van der Waals surface area contributed by atoms with Gasteiger partial charge in [0.1, 0.15) is 0 Å². The number of benzene rings is 1. The Kier molecular flexibility index (Phi) is 3.19. The molecule has 0 fully saturated rings. The van der Waals surface area contributed by atoms with Crippen LogP contribution < -0.4 is 0 Å². The molecule has 0 atom stereocenters. The van der Waals surface area contributed by atoms with Crippen LogP contribution in [0.3, 0.4) is 0 Å². The molecule has 0 saturated heterocycles. The van der Waals surface area contributed by atoms with E-state index in [0.717, 1.165) is 0 Å². The van der Waals surface area contributed by atoms with Gasteiger partial charge in [0, 0.05) is 5.57 Å². The number of ether oxygens (including phenoxy) is 1. The molecule has 1 aromatic carbocycles. The molecule has 4 heteroatoms. The minimum Gasteiger partial charge on any atom is -0.394 e. The first-order valence-corrected chi connectivity index (χ1v) is 4.25. The second-order valence-electron chi connectivity index (χ2n) is 3.05.